The number of carbonyl (C=O) groups is 1. The van der Waals surface area contributed by atoms with Gasteiger partial charge in [-0.3, -0.25) is 4.79 Å². The van der Waals surface area contributed by atoms with E-state index in [9.17, 15) is 22.8 Å². The quantitative estimate of drug-likeness (QED) is 0.266. The van der Waals surface area contributed by atoms with Crippen LogP contribution in [0.2, 0.25) is 25.7 Å². The van der Waals surface area contributed by atoms with E-state index in [2.05, 4.69) is 24.7 Å². The molecule has 1 aromatic heterocycles. The second kappa shape index (κ2) is 11.4. The zero-order valence-corrected chi connectivity index (χ0v) is 21.4. The lowest BCUT2D eigenvalue weighted by atomic mass is 10.1. The van der Waals surface area contributed by atoms with Gasteiger partial charge in [0.1, 0.15) is 12.3 Å². The summed E-state index contributed by atoms with van der Waals surface area (Å²) in [6, 6.07) is 7.35. The number of halogens is 3. The topological polar surface area (TPSA) is 93.9 Å². The first-order valence-electron chi connectivity index (χ1n) is 11.4. The van der Waals surface area contributed by atoms with E-state index in [1.807, 2.05) is 0 Å². The Morgan fingerprint density at radius 1 is 1.25 bits per heavy atom. The fraction of sp³-hybridized carbons (Fsp3) is 0.458. The van der Waals surface area contributed by atoms with E-state index in [-0.39, 0.29) is 32.2 Å². The summed E-state index contributed by atoms with van der Waals surface area (Å²) in [6.45, 7) is 6.51. The van der Waals surface area contributed by atoms with E-state index in [0.717, 1.165) is 29.4 Å². The second-order valence-corrected chi connectivity index (χ2v) is 15.3. The SMILES string of the molecule is C[Si](C)(C)CCOCn1ncc(N2Cc3ccccc3C2COC/C=C/C(=O)O)c(C(F)(F)F)c1=O. The summed E-state index contributed by atoms with van der Waals surface area (Å²) < 4.78 is 54.2. The summed E-state index contributed by atoms with van der Waals surface area (Å²) in [6.07, 6.45) is -1.63. The van der Waals surface area contributed by atoms with Crippen molar-refractivity contribution in [3.63, 3.8) is 0 Å². The van der Waals surface area contributed by atoms with Crippen LogP contribution in [0.4, 0.5) is 18.9 Å². The highest BCUT2D eigenvalue weighted by Gasteiger charge is 2.42. The predicted octanol–water partition coefficient (Wildman–Crippen LogP) is 4.29. The molecule has 12 heteroatoms. The van der Waals surface area contributed by atoms with Gasteiger partial charge in [0.2, 0.25) is 0 Å². The number of fused-ring (bicyclic) bond motifs is 1. The number of rotatable bonds is 11. The Balaban J connectivity index is 1.89. The summed E-state index contributed by atoms with van der Waals surface area (Å²) in [5, 5.41) is 12.7. The molecule has 2 heterocycles. The third-order valence-electron chi connectivity index (χ3n) is 5.71. The predicted molar refractivity (Wildman–Crippen MR) is 131 cm³/mol. The molecule has 196 valence electrons. The zero-order valence-electron chi connectivity index (χ0n) is 20.4. The fourth-order valence-electron chi connectivity index (χ4n) is 3.88. The molecule has 0 spiro atoms. The van der Waals surface area contributed by atoms with Gasteiger partial charge in [0.05, 0.1) is 31.1 Å². The molecule has 0 radical (unpaired) electrons. The van der Waals surface area contributed by atoms with E-state index in [4.69, 9.17) is 14.6 Å². The molecule has 0 saturated heterocycles. The van der Waals surface area contributed by atoms with E-state index >= 15 is 0 Å². The normalized spacial score (nSPS) is 16.1. The Morgan fingerprint density at radius 3 is 2.64 bits per heavy atom. The van der Waals surface area contributed by atoms with Crippen LogP contribution in [0.5, 0.6) is 0 Å². The van der Waals surface area contributed by atoms with Gasteiger partial charge in [-0.1, -0.05) is 50.0 Å². The molecule has 1 N–H and O–H groups in total. The molecular formula is C24H30F3N3O5Si. The lowest BCUT2D eigenvalue weighted by Crippen LogP contribution is -2.36. The van der Waals surface area contributed by atoms with Gasteiger partial charge in [-0.15, -0.1) is 0 Å². The van der Waals surface area contributed by atoms with Crippen molar-refractivity contribution in [3.8, 4) is 0 Å². The van der Waals surface area contributed by atoms with Crippen molar-refractivity contribution in [2.75, 3.05) is 24.7 Å². The molecule has 0 bridgehead atoms. The fourth-order valence-corrected chi connectivity index (χ4v) is 4.64. The molecule has 1 aliphatic rings. The summed E-state index contributed by atoms with van der Waals surface area (Å²) in [5.74, 6) is -1.13. The lowest BCUT2D eigenvalue weighted by Gasteiger charge is -2.29. The number of alkyl halides is 3. The number of carboxylic acid groups (broad SMARTS) is 1. The molecule has 0 fully saturated rings. The van der Waals surface area contributed by atoms with Crippen LogP contribution in [-0.2, 0) is 33.7 Å². The molecule has 3 rings (SSSR count). The third-order valence-corrected chi connectivity index (χ3v) is 7.41. The molecule has 0 amide bonds. The lowest BCUT2D eigenvalue weighted by molar-refractivity contribution is -0.139. The van der Waals surface area contributed by atoms with Crippen molar-refractivity contribution in [1.82, 2.24) is 9.78 Å². The highest BCUT2D eigenvalue weighted by molar-refractivity contribution is 6.76. The number of benzene rings is 1. The Hall–Kier alpha value is -2.96. The van der Waals surface area contributed by atoms with Gasteiger partial charge in [0.25, 0.3) is 5.56 Å². The number of aliphatic carboxylic acids is 1. The average molecular weight is 526 g/mol. The summed E-state index contributed by atoms with van der Waals surface area (Å²) in [5.41, 5.74) is -1.34. The van der Waals surface area contributed by atoms with Crippen LogP contribution in [0.15, 0.2) is 47.4 Å². The summed E-state index contributed by atoms with van der Waals surface area (Å²) in [7, 11) is -1.40. The second-order valence-electron chi connectivity index (χ2n) is 9.68. The van der Waals surface area contributed by atoms with Crippen LogP contribution in [-0.4, -0.2) is 48.8 Å². The largest absolute Gasteiger partial charge is 0.478 e. The van der Waals surface area contributed by atoms with Crippen LogP contribution in [0.25, 0.3) is 0 Å². The monoisotopic (exact) mass is 525 g/mol. The molecule has 2 aromatic rings. The zero-order chi connectivity index (χ0) is 26.5. The molecule has 1 aliphatic heterocycles. The van der Waals surface area contributed by atoms with Gasteiger partial charge in [0.15, 0.2) is 0 Å². The van der Waals surface area contributed by atoms with Gasteiger partial charge in [0, 0.05) is 27.3 Å². The molecule has 1 aromatic carbocycles. The minimum absolute atomic E-state index is 0.0127. The summed E-state index contributed by atoms with van der Waals surface area (Å²) in [4.78, 5) is 25.0. The smallest absolute Gasteiger partial charge is 0.423 e. The van der Waals surface area contributed by atoms with Gasteiger partial charge < -0.3 is 19.5 Å². The van der Waals surface area contributed by atoms with E-state index in [1.165, 1.54) is 11.0 Å². The van der Waals surface area contributed by atoms with Crippen molar-refractivity contribution in [2.45, 2.75) is 51.2 Å². The minimum Gasteiger partial charge on any atom is -0.478 e. The molecular weight excluding hydrogens is 495 g/mol. The third kappa shape index (κ3) is 7.05. The molecule has 8 nitrogen and oxygen atoms in total. The van der Waals surface area contributed by atoms with Crippen molar-refractivity contribution in [1.29, 1.82) is 0 Å². The van der Waals surface area contributed by atoms with E-state index < -0.39 is 37.4 Å². The minimum atomic E-state index is -4.92. The molecule has 1 atom stereocenters. The average Bonchev–Trinajstić information content (AvgIpc) is 3.14. The number of hydrogen-bond acceptors (Lipinski definition) is 6. The maximum Gasteiger partial charge on any atom is 0.423 e. The maximum atomic E-state index is 14.2. The Kier molecular flexibility index (Phi) is 8.74. The number of aromatic nitrogens is 2. The van der Waals surface area contributed by atoms with Gasteiger partial charge in [-0.05, 0) is 17.2 Å². The van der Waals surface area contributed by atoms with Crippen LogP contribution in [0.1, 0.15) is 22.7 Å². The van der Waals surface area contributed by atoms with Gasteiger partial charge in [-0.25, -0.2) is 9.48 Å². The first-order chi connectivity index (χ1) is 16.9. The first-order valence-corrected chi connectivity index (χ1v) is 15.2. The van der Waals surface area contributed by atoms with Crippen LogP contribution >= 0.6 is 0 Å². The highest BCUT2D eigenvalue weighted by Crippen LogP contribution is 2.42. The standard InChI is InChI=1S/C24H30F3N3O5Si/c1-36(2,3)12-11-35-16-30-23(33)22(24(25,26)27)19(13-28-30)29-14-17-7-4-5-8-18(17)20(29)15-34-10-6-9-21(31)32/h4-9,13,20H,10-12,14-16H2,1-3H3,(H,31,32)/b9-6+. The van der Waals surface area contributed by atoms with E-state index in [0.29, 0.717) is 11.3 Å². The molecule has 0 aliphatic carbocycles. The van der Waals surface area contributed by atoms with Crippen LogP contribution < -0.4 is 10.5 Å². The summed E-state index contributed by atoms with van der Waals surface area (Å²) >= 11 is 0. The van der Waals surface area contributed by atoms with Crippen LogP contribution in [0, 0.1) is 0 Å². The first kappa shape index (κ1) is 27.6. The van der Waals surface area contributed by atoms with E-state index in [1.54, 1.807) is 24.3 Å². The molecule has 0 saturated carbocycles. The van der Waals surface area contributed by atoms with Crippen molar-refractivity contribution in [2.24, 2.45) is 0 Å². The Morgan fingerprint density at radius 2 is 1.97 bits per heavy atom. The number of hydrogen-bond donors (Lipinski definition) is 1. The number of nitrogens with zero attached hydrogens (tertiary/aromatic N) is 3. The Bertz CT molecular complexity index is 1160. The van der Waals surface area contributed by atoms with Crippen molar-refractivity contribution < 1.29 is 32.5 Å². The van der Waals surface area contributed by atoms with Gasteiger partial charge in [-0.2, -0.15) is 18.3 Å². The van der Waals surface area contributed by atoms with Gasteiger partial charge >= 0.3 is 12.1 Å². The van der Waals surface area contributed by atoms with Crippen LogP contribution in [0.3, 0.4) is 0 Å². The van der Waals surface area contributed by atoms with Crippen molar-refractivity contribution in [3.05, 3.63) is 69.7 Å². The maximum absolute atomic E-state index is 14.2. The molecule has 36 heavy (non-hydrogen) atoms. The van der Waals surface area contributed by atoms with Crippen molar-refractivity contribution >= 4 is 19.7 Å². The highest BCUT2D eigenvalue weighted by atomic mass is 28.3. The Labute approximate surface area is 208 Å². The number of carboxylic acids is 1. The molecule has 1 unspecified atom stereocenters. The number of anilines is 1. The number of ether oxygens (including phenoxy) is 2.